The van der Waals surface area contributed by atoms with Crippen LogP contribution in [-0.4, -0.2) is 32.2 Å². The van der Waals surface area contributed by atoms with E-state index in [9.17, 15) is 0 Å². The summed E-state index contributed by atoms with van der Waals surface area (Å²) < 4.78 is 3.48. The average molecular weight is 482 g/mol. The molecule has 0 N–H and O–H groups in total. The highest BCUT2D eigenvalue weighted by Crippen LogP contribution is 2.32. The fourth-order valence-electron chi connectivity index (χ4n) is 3.55. The lowest BCUT2D eigenvalue weighted by Gasteiger charge is -2.23. The molecule has 0 amide bonds. The van der Waals surface area contributed by atoms with E-state index >= 15 is 0 Å². The molecule has 3 rings (SSSR count). The van der Waals surface area contributed by atoms with Gasteiger partial charge >= 0.3 is 0 Å². The van der Waals surface area contributed by atoms with Crippen LogP contribution in [0.5, 0.6) is 0 Å². The molecule has 0 saturated carbocycles. The Hall–Kier alpha value is -0.970. The number of quaternary nitrogens is 1. The Labute approximate surface area is 179 Å². The van der Waals surface area contributed by atoms with Crippen molar-refractivity contribution >= 4 is 6.08 Å². The van der Waals surface area contributed by atoms with Gasteiger partial charge in [-0.1, -0.05) is 42.5 Å². The van der Waals surface area contributed by atoms with Gasteiger partial charge in [0, 0.05) is 24.5 Å². The smallest absolute Gasteiger partial charge is 0.181 e. The molecular weight excluding hydrogens is 452 g/mol. The lowest BCUT2D eigenvalue weighted by atomic mass is 9.95. The molecule has 142 valence electrons. The number of rotatable bonds is 7. The molecule has 1 atom stereocenters. The summed E-state index contributed by atoms with van der Waals surface area (Å²) in [5, 5.41) is 0. The third kappa shape index (κ3) is 6.33. The first-order valence-electron chi connectivity index (χ1n) is 9.08. The molecule has 26 heavy (non-hydrogen) atoms. The minimum Gasteiger partial charge on any atom is -1.00 e. The van der Waals surface area contributed by atoms with Crippen LogP contribution in [0.1, 0.15) is 35.6 Å². The Morgan fingerprint density at radius 3 is 2.46 bits per heavy atom. The zero-order chi connectivity index (χ0) is 17.0. The van der Waals surface area contributed by atoms with Crippen LogP contribution >= 0.6 is 0 Å². The van der Waals surface area contributed by atoms with Gasteiger partial charge in [-0.15, -0.1) is 0 Å². The highest BCUT2D eigenvalue weighted by atomic mass is 79.9. The Morgan fingerprint density at radius 2 is 1.69 bits per heavy atom. The zero-order valence-corrected chi connectivity index (χ0v) is 19.2. The van der Waals surface area contributed by atoms with Crippen molar-refractivity contribution in [3.63, 3.8) is 0 Å². The number of pyridine rings is 1. The van der Waals surface area contributed by atoms with Gasteiger partial charge in [-0.2, -0.15) is 0 Å². The van der Waals surface area contributed by atoms with Gasteiger partial charge < -0.3 is 38.4 Å². The standard InChI is InChI=1S/C22H30N2.2BrH/c1-24(2,3)18-8-17-23-16-7-6-10-21(23)15-14-20-13-12-19-9-4-5-11-22(19)20;;/h4-7,9-13,16,20H,8,14-15,17-18H2,1-3H3;2*1H/q+2;;/p-2. The van der Waals surface area contributed by atoms with Crippen LogP contribution in [0, 0.1) is 0 Å². The van der Waals surface area contributed by atoms with E-state index in [1.807, 2.05) is 0 Å². The van der Waals surface area contributed by atoms with Crippen LogP contribution in [-0.2, 0) is 13.0 Å². The van der Waals surface area contributed by atoms with Crippen LogP contribution < -0.4 is 38.5 Å². The Bertz CT molecular complexity index is 720. The second-order valence-electron chi connectivity index (χ2n) is 7.89. The number of hydrogen-bond acceptors (Lipinski definition) is 0. The van der Waals surface area contributed by atoms with Crippen LogP contribution in [0.25, 0.3) is 6.08 Å². The molecule has 0 spiro atoms. The summed E-state index contributed by atoms with van der Waals surface area (Å²) in [5.74, 6) is 0.570. The Balaban J connectivity index is 0.00000169. The Kier molecular flexibility index (Phi) is 9.22. The van der Waals surface area contributed by atoms with Crippen molar-refractivity contribution in [1.82, 2.24) is 0 Å². The van der Waals surface area contributed by atoms with Crippen molar-refractivity contribution in [3.8, 4) is 0 Å². The molecular formula is C22H30Br2N2. The fraction of sp³-hybridized carbons (Fsp3) is 0.409. The van der Waals surface area contributed by atoms with Gasteiger partial charge in [-0.3, -0.25) is 0 Å². The molecule has 0 radical (unpaired) electrons. The van der Waals surface area contributed by atoms with Gasteiger partial charge in [-0.25, -0.2) is 4.57 Å². The second-order valence-corrected chi connectivity index (χ2v) is 7.89. The summed E-state index contributed by atoms with van der Waals surface area (Å²) in [6.45, 7) is 2.32. The van der Waals surface area contributed by atoms with E-state index in [0.717, 1.165) is 17.4 Å². The molecule has 1 aromatic carbocycles. The first kappa shape index (κ1) is 23.1. The van der Waals surface area contributed by atoms with E-state index in [1.165, 1.54) is 36.2 Å². The maximum Gasteiger partial charge on any atom is 0.181 e. The SMILES string of the molecule is C[N+](C)(C)CCC[n+]1ccccc1CCC1C=Cc2ccccc21.[Br-].[Br-]. The summed E-state index contributed by atoms with van der Waals surface area (Å²) in [6.07, 6.45) is 10.4. The number of halogens is 2. The van der Waals surface area contributed by atoms with Gasteiger partial charge in [0.1, 0.15) is 0 Å². The predicted molar refractivity (Wildman–Crippen MR) is 101 cm³/mol. The number of allylic oxidation sites excluding steroid dienone is 1. The van der Waals surface area contributed by atoms with Crippen molar-refractivity contribution in [2.45, 2.75) is 31.7 Å². The summed E-state index contributed by atoms with van der Waals surface area (Å²) in [6, 6.07) is 15.4. The first-order chi connectivity index (χ1) is 11.5. The zero-order valence-electron chi connectivity index (χ0n) is 16.0. The number of hydrogen-bond donors (Lipinski definition) is 0. The van der Waals surface area contributed by atoms with E-state index < -0.39 is 0 Å². The fourth-order valence-corrected chi connectivity index (χ4v) is 3.55. The second kappa shape index (κ2) is 10.4. The van der Waals surface area contributed by atoms with Gasteiger partial charge in [0.2, 0.25) is 0 Å². The van der Waals surface area contributed by atoms with Crippen LogP contribution in [0.3, 0.4) is 0 Å². The number of aromatic nitrogens is 1. The summed E-state index contributed by atoms with van der Waals surface area (Å²) >= 11 is 0. The van der Waals surface area contributed by atoms with Crippen LogP contribution in [0.4, 0.5) is 0 Å². The molecule has 1 aromatic heterocycles. The average Bonchev–Trinajstić information content (AvgIpc) is 2.96. The highest BCUT2D eigenvalue weighted by molar-refractivity contribution is 5.62. The quantitative estimate of drug-likeness (QED) is 0.313. The lowest BCUT2D eigenvalue weighted by Crippen LogP contribution is -3.00. The summed E-state index contributed by atoms with van der Waals surface area (Å²) in [5.41, 5.74) is 4.34. The van der Waals surface area contributed by atoms with Crippen molar-refractivity contribution in [1.29, 1.82) is 0 Å². The minimum absolute atomic E-state index is 0. The van der Waals surface area contributed by atoms with Crippen molar-refractivity contribution in [3.05, 3.63) is 71.6 Å². The molecule has 0 fully saturated rings. The highest BCUT2D eigenvalue weighted by Gasteiger charge is 2.19. The number of benzene rings is 1. The van der Waals surface area contributed by atoms with E-state index in [2.05, 4.69) is 86.5 Å². The van der Waals surface area contributed by atoms with E-state index in [0.29, 0.717) is 5.92 Å². The third-order valence-corrected chi connectivity index (χ3v) is 4.88. The largest absolute Gasteiger partial charge is 1.00 e. The molecule has 4 heteroatoms. The predicted octanol–water partition coefficient (Wildman–Crippen LogP) is -2.18. The molecule has 1 aliphatic carbocycles. The van der Waals surface area contributed by atoms with Crippen molar-refractivity contribution in [2.75, 3.05) is 27.7 Å². The van der Waals surface area contributed by atoms with Gasteiger partial charge in [0.25, 0.3) is 0 Å². The molecule has 2 aromatic rings. The number of nitrogens with zero attached hydrogens (tertiary/aromatic N) is 2. The summed E-state index contributed by atoms with van der Waals surface area (Å²) in [4.78, 5) is 0. The van der Waals surface area contributed by atoms with E-state index in [-0.39, 0.29) is 34.0 Å². The minimum atomic E-state index is 0. The van der Waals surface area contributed by atoms with E-state index in [1.54, 1.807) is 0 Å². The third-order valence-electron chi connectivity index (χ3n) is 4.88. The van der Waals surface area contributed by atoms with Gasteiger partial charge in [-0.05, 0) is 17.5 Å². The first-order valence-corrected chi connectivity index (χ1v) is 9.08. The molecule has 2 nitrogen and oxygen atoms in total. The van der Waals surface area contributed by atoms with Gasteiger partial charge in [0.15, 0.2) is 18.4 Å². The monoisotopic (exact) mass is 480 g/mol. The lowest BCUT2D eigenvalue weighted by molar-refractivity contribution is -0.873. The van der Waals surface area contributed by atoms with Crippen LogP contribution in [0.2, 0.25) is 0 Å². The molecule has 1 heterocycles. The topological polar surface area (TPSA) is 3.88 Å². The maximum atomic E-state index is 2.44. The molecule has 0 bridgehead atoms. The molecule has 0 saturated heterocycles. The van der Waals surface area contributed by atoms with Crippen LogP contribution in [0.15, 0.2) is 54.7 Å². The number of fused-ring (bicyclic) bond motifs is 1. The molecule has 1 aliphatic rings. The summed E-state index contributed by atoms with van der Waals surface area (Å²) in [7, 11) is 6.79. The molecule has 1 unspecified atom stereocenters. The van der Waals surface area contributed by atoms with Crippen molar-refractivity contribution in [2.24, 2.45) is 0 Å². The van der Waals surface area contributed by atoms with Crippen molar-refractivity contribution < 1.29 is 43.0 Å². The van der Waals surface area contributed by atoms with Gasteiger partial charge in [0.05, 0.1) is 34.1 Å². The van der Waals surface area contributed by atoms with E-state index in [4.69, 9.17) is 0 Å². The Morgan fingerprint density at radius 1 is 0.962 bits per heavy atom. The number of aryl methyl sites for hydroxylation is 2. The maximum absolute atomic E-state index is 2.44. The normalized spacial score (nSPS) is 15.1. The molecule has 0 aliphatic heterocycles.